The Morgan fingerprint density at radius 2 is 2.21 bits per heavy atom. The summed E-state index contributed by atoms with van der Waals surface area (Å²) in [6, 6.07) is 0. The predicted molar refractivity (Wildman–Crippen MR) is 67.2 cm³/mol. The van der Waals surface area contributed by atoms with Gasteiger partial charge >= 0.3 is 0 Å². The van der Waals surface area contributed by atoms with Crippen molar-refractivity contribution in [3.05, 3.63) is 10.1 Å². The van der Waals surface area contributed by atoms with Crippen molar-refractivity contribution in [2.75, 3.05) is 34.0 Å². The molecule has 0 spiro atoms. The Morgan fingerprint density at radius 3 is 2.79 bits per heavy atom. The minimum atomic E-state index is -0.736. The molecule has 1 aliphatic heterocycles. The van der Waals surface area contributed by atoms with Crippen LogP contribution in [0.2, 0.25) is 0 Å². The summed E-state index contributed by atoms with van der Waals surface area (Å²) in [5.41, 5.74) is 0. The molecular weight excluding hydrogens is 254 g/mol. The van der Waals surface area contributed by atoms with Gasteiger partial charge in [0.25, 0.3) is 5.09 Å². The molecule has 1 saturated heterocycles. The van der Waals surface area contributed by atoms with E-state index in [0.717, 1.165) is 6.42 Å². The summed E-state index contributed by atoms with van der Waals surface area (Å²) in [5, 5.41) is 9.89. The van der Waals surface area contributed by atoms with E-state index in [4.69, 9.17) is 19.0 Å². The summed E-state index contributed by atoms with van der Waals surface area (Å²) >= 11 is 0. The van der Waals surface area contributed by atoms with E-state index >= 15 is 0 Å². The van der Waals surface area contributed by atoms with Crippen LogP contribution in [0.4, 0.5) is 0 Å². The molecule has 1 heterocycles. The molecule has 0 aromatic carbocycles. The number of methoxy groups -OCH3 is 2. The van der Waals surface area contributed by atoms with E-state index in [1.165, 1.54) is 0 Å². The van der Waals surface area contributed by atoms with Crippen LogP contribution in [0.1, 0.15) is 19.8 Å². The number of hydrogen-bond acceptors (Lipinski definition) is 6. The predicted octanol–water partition coefficient (Wildman–Crippen LogP) is 1.29. The highest BCUT2D eigenvalue weighted by atomic mass is 17.0. The maximum Gasteiger partial charge on any atom is 0.294 e. The fourth-order valence-electron chi connectivity index (χ4n) is 2.58. The fraction of sp³-hybridized carbons (Fsp3) is 1.00. The summed E-state index contributed by atoms with van der Waals surface area (Å²) in [6.45, 7) is 3.49. The molecule has 7 nitrogen and oxygen atoms in total. The van der Waals surface area contributed by atoms with Gasteiger partial charge in [-0.1, -0.05) is 6.92 Å². The number of rotatable bonds is 7. The van der Waals surface area contributed by atoms with Crippen LogP contribution in [0.25, 0.3) is 0 Å². The molecule has 0 aromatic heterocycles. The van der Waals surface area contributed by atoms with Crippen molar-refractivity contribution in [1.29, 1.82) is 0 Å². The van der Waals surface area contributed by atoms with Crippen LogP contribution in [-0.2, 0) is 19.0 Å². The summed E-state index contributed by atoms with van der Waals surface area (Å²) in [7, 11) is 3.22. The smallest absolute Gasteiger partial charge is 0.294 e. The SMILES string of the molecule is COCCC(O[N+](=O)[O-])C1COCCC(OC)C1C. The van der Waals surface area contributed by atoms with Gasteiger partial charge in [0.1, 0.15) is 6.10 Å². The van der Waals surface area contributed by atoms with Gasteiger partial charge < -0.3 is 19.0 Å². The highest BCUT2D eigenvalue weighted by Gasteiger charge is 2.36. The first-order chi connectivity index (χ1) is 9.10. The quantitative estimate of drug-likeness (QED) is 0.515. The maximum atomic E-state index is 10.6. The lowest BCUT2D eigenvalue weighted by Gasteiger charge is -2.31. The minimum Gasteiger partial charge on any atom is -0.385 e. The van der Waals surface area contributed by atoms with Gasteiger partial charge in [0, 0.05) is 33.4 Å². The van der Waals surface area contributed by atoms with Gasteiger partial charge in [0.2, 0.25) is 0 Å². The van der Waals surface area contributed by atoms with Crippen molar-refractivity contribution < 1.29 is 24.1 Å². The van der Waals surface area contributed by atoms with Crippen LogP contribution in [0.5, 0.6) is 0 Å². The van der Waals surface area contributed by atoms with Crippen molar-refractivity contribution in [2.45, 2.75) is 32.0 Å². The molecule has 0 amide bonds. The molecule has 1 aliphatic rings. The standard InChI is InChI=1S/C12H23NO6/c1-9-10(8-18-7-5-11(9)17-3)12(4-6-16-2)19-13(14)15/h9-12H,4-8H2,1-3H3. The highest BCUT2D eigenvalue weighted by molar-refractivity contribution is 4.82. The molecule has 4 unspecified atom stereocenters. The molecule has 0 bridgehead atoms. The van der Waals surface area contributed by atoms with Crippen molar-refractivity contribution in [3.63, 3.8) is 0 Å². The average Bonchev–Trinajstić information content (AvgIpc) is 2.56. The molecule has 112 valence electrons. The van der Waals surface area contributed by atoms with Gasteiger partial charge in [-0.05, 0) is 18.8 Å². The zero-order valence-corrected chi connectivity index (χ0v) is 11.7. The lowest BCUT2D eigenvalue weighted by Crippen LogP contribution is -2.38. The lowest BCUT2D eigenvalue weighted by molar-refractivity contribution is -0.771. The molecule has 0 aliphatic carbocycles. The summed E-state index contributed by atoms with van der Waals surface area (Å²) in [4.78, 5) is 15.4. The molecule has 0 N–H and O–H groups in total. The second-order valence-electron chi connectivity index (χ2n) is 4.81. The molecule has 1 fully saturated rings. The van der Waals surface area contributed by atoms with Crippen LogP contribution in [-0.4, -0.2) is 51.3 Å². The Hall–Kier alpha value is -0.920. The fourth-order valence-corrected chi connectivity index (χ4v) is 2.58. The third kappa shape index (κ3) is 4.93. The third-order valence-electron chi connectivity index (χ3n) is 3.73. The Morgan fingerprint density at radius 1 is 1.47 bits per heavy atom. The summed E-state index contributed by atoms with van der Waals surface area (Å²) in [6.07, 6.45) is 0.768. The van der Waals surface area contributed by atoms with Crippen molar-refractivity contribution in [1.82, 2.24) is 0 Å². The van der Waals surface area contributed by atoms with E-state index in [-0.39, 0.29) is 17.9 Å². The zero-order chi connectivity index (χ0) is 14.3. The van der Waals surface area contributed by atoms with E-state index in [0.29, 0.717) is 26.2 Å². The normalized spacial score (nSPS) is 29.5. The molecule has 7 heteroatoms. The molecule has 19 heavy (non-hydrogen) atoms. The van der Waals surface area contributed by atoms with Crippen LogP contribution < -0.4 is 0 Å². The largest absolute Gasteiger partial charge is 0.385 e. The van der Waals surface area contributed by atoms with Gasteiger partial charge in [-0.3, -0.25) is 0 Å². The van der Waals surface area contributed by atoms with Crippen LogP contribution >= 0.6 is 0 Å². The molecular formula is C12H23NO6. The monoisotopic (exact) mass is 277 g/mol. The Labute approximate surface area is 113 Å². The van der Waals surface area contributed by atoms with Crippen molar-refractivity contribution in [3.8, 4) is 0 Å². The first-order valence-corrected chi connectivity index (χ1v) is 6.50. The Bertz CT molecular complexity index is 275. The van der Waals surface area contributed by atoms with Crippen LogP contribution in [0.15, 0.2) is 0 Å². The van der Waals surface area contributed by atoms with E-state index in [2.05, 4.69) is 0 Å². The molecule has 0 saturated carbocycles. The Kier molecular flexibility index (Phi) is 7.04. The van der Waals surface area contributed by atoms with E-state index < -0.39 is 11.2 Å². The molecule has 0 aromatic rings. The highest BCUT2D eigenvalue weighted by Crippen LogP contribution is 2.29. The number of ether oxygens (including phenoxy) is 3. The van der Waals surface area contributed by atoms with Gasteiger partial charge in [-0.15, -0.1) is 10.1 Å². The minimum absolute atomic E-state index is 0.0351. The molecule has 1 rings (SSSR count). The summed E-state index contributed by atoms with van der Waals surface area (Å²) < 4.78 is 16.0. The van der Waals surface area contributed by atoms with Crippen molar-refractivity contribution >= 4 is 0 Å². The van der Waals surface area contributed by atoms with Gasteiger partial charge in [-0.25, -0.2) is 0 Å². The van der Waals surface area contributed by atoms with Crippen LogP contribution in [0, 0.1) is 22.0 Å². The zero-order valence-electron chi connectivity index (χ0n) is 11.7. The van der Waals surface area contributed by atoms with Gasteiger partial charge in [0.05, 0.1) is 12.7 Å². The van der Waals surface area contributed by atoms with E-state index in [1.54, 1.807) is 14.2 Å². The van der Waals surface area contributed by atoms with E-state index in [1.807, 2.05) is 6.92 Å². The topological polar surface area (TPSA) is 80.1 Å². The maximum absolute atomic E-state index is 10.6. The van der Waals surface area contributed by atoms with Gasteiger partial charge in [0.15, 0.2) is 0 Å². The van der Waals surface area contributed by atoms with E-state index in [9.17, 15) is 10.1 Å². The first kappa shape index (κ1) is 16.1. The average molecular weight is 277 g/mol. The molecule has 4 atom stereocenters. The Balaban J connectivity index is 2.74. The molecule has 0 radical (unpaired) electrons. The second kappa shape index (κ2) is 8.29. The van der Waals surface area contributed by atoms with Crippen molar-refractivity contribution in [2.24, 2.45) is 11.8 Å². The van der Waals surface area contributed by atoms with Gasteiger partial charge in [-0.2, -0.15) is 0 Å². The lowest BCUT2D eigenvalue weighted by atomic mass is 9.84. The first-order valence-electron chi connectivity index (χ1n) is 6.50. The number of nitrogens with zero attached hydrogens (tertiary/aromatic N) is 1. The second-order valence-corrected chi connectivity index (χ2v) is 4.81. The third-order valence-corrected chi connectivity index (χ3v) is 3.73. The number of hydrogen-bond donors (Lipinski definition) is 0. The summed E-state index contributed by atoms with van der Waals surface area (Å²) in [5.74, 6) is 0.0577. The van der Waals surface area contributed by atoms with Crippen LogP contribution in [0.3, 0.4) is 0 Å².